The fourth-order valence-corrected chi connectivity index (χ4v) is 3.28. The van der Waals surface area contributed by atoms with Crippen LogP contribution in [-0.4, -0.2) is 47.9 Å². The van der Waals surface area contributed by atoms with Crippen LogP contribution in [-0.2, 0) is 0 Å². The van der Waals surface area contributed by atoms with E-state index in [2.05, 4.69) is 34.7 Å². The molecule has 0 bridgehead atoms. The molecule has 21 heavy (non-hydrogen) atoms. The zero-order valence-electron chi connectivity index (χ0n) is 12.8. The summed E-state index contributed by atoms with van der Waals surface area (Å²) >= 11 is 3.36. The number of nitrogens with zero attached hydrogens (tertiary/aromatic N) is 2. The molecule has 0 spiro atoms. The zero-order chi connectivity index (χ0) is 15.4. The van der Waals surface area contributed by atoms with E-state index in [0.717, 1.165) is 43.5 Å². The minimum absolute atomic E-state index is 0.0900. The van der Waals surface area contributed by atoms with Gasteiger partial charge in [0.2, 0.25) is 0 Å². The second-order valence-electron chi connectivity index (χ2n) is 5.48. The molecule has 1 heterocycles. The summed E-state index contributed by atoms with van der Waals surface area (Å²) in [6.07, 6.45) is 2.11. The number of amides is 1. The Morgan fingerprint density at radius 3 is 2.48 bits per heavy atom. The number of carbonyl (C=O) groups excluding carboxylic acids is 1. The Hall–Kier alpha value is -1.07. The maximum Gasteiger partial charge on any atom is 0.253 e. The first-order valence-electron chi connectivity index (χ1n) is 7.65. The predicted molar refractivity (Wildman–Crippen MR) is 90.4 cm³/mol. The number of likely N-dealkylation sites (tertiary alicyclic amines) is 1. The van der Waals surface area contributed by atoms with E-state index in [4.69, 9.17) is 5.73 Å². The lowest BCUT2D eigenvalue weighted by Crippen LogP contribution is -2.46. The lowest BCUT2D eigenvalue weighted by molar-refractivity contribution is 0.0631. The van der Waals surface area contributed by atoms with Gasteiger partial charge in [-0.3, -0.25) is 4.79 Å². The van der Waals surface area contributed by atoms with Gasteiger partial charge in [-0.05, 0) is 60.1 Å². The van der Waals surface area contributed by atoms with Gasteiger partial charge in [0, 0.05) is 34.9 Å². The fraction of sp³-hybridized carbons (Fsp3) is 0.562. The van der Waals surface area contributed by atoms with Crippen molar-refractivity contribution in [2.75, 3.05) is 31.9 Å². The second kappa shape index (κ2) is 7.27. The number of hydrogen-bond donors (Lipinski definition) is 1. The number of nitrogens with two attached hydrogens (primary N) is 1. The first-order valence-corrected chi connectivity index (χ1v) is 8.44. The van der Waals surface area contributed by atoms with Gasteiger partial charge in [0.1, 0.15) is 0 Å². The Kier molecular flexibility index (Phi) is 5.65. The Morgan fingerprint density at radius 2 is 1.95 bits per heavy atom. The van der Waals surface area contributed by atoms with Crippen LogP contribution in [0.15, 0.2) is 22.7 Å². The molecular formula is C16H24BrN3O. The number of nitrogen functional groups attached to an aromatic ring is 1. The van der Waals surface area contributed by atoms with Crippen LogP contribution in [0.3, 0.4) is 0 Å². The van der Waals surface area contributed by atoms with Crippen molar-refractivity contribution in [1.82, 2.24) is 9.80 Å². The number of piperidine rings is 1. The van der Waals surface area contributed by atoms with Crippen molar-refractivity contribution in [2.45, 2.75) is 32.7 Å². The Balaban J connectivity index is 1.98. The molecule has 1 amide bonds. The summed E-state index contributed by atoms with van der Waals surface area (Å²) in [7, 11) is 0. The van der Waals surface area contributed by atoms with Crippen LogP contribution in [0.1, 0.15) is 37.0 Å². The topological polar surface area (TPSA) is 49.6 Å². The van der Waals surface area contributed by atoms with Crippen LogP contribution in [0.5, 0.6) is 0 Å². The maximum atomic E-state index is 12.5. The molecule has 1 saturated heterocycles. The van der Waals surface area contributed by atoms with Gasteiger partial charge in [-0.15, -0.1) is 0 Å². The Bertz CT molecular complexity index is 494. The van der Waals surface area contributed by atoms with Crippen LogP contribution >= 0.6 is 15.9 Å². The van der Waals surface area contributed by atoms with E-state index in [0.29, 0.717) is 17.3 Å². The van der Waals surface area contributed by atoms with Crippen LogP contribution in [0.4, 0.5) is 5.69 Å². The van der Waals surface area contributed by atoms with Gasteiger partial charge in [-0.1, -0.05) is 13.8 Å². The molecule has 1 aromatic rings. The van der Waals surface area contributed by atoms with Gasteiger partial charge in [-0.25, -0.2) is 0 Å². The van der Waals surface area contributed by atoms with Crippen molar-refractivity contribution < 1.29 is 4.79 Å². The molecule has 0 atom stereocenters. The van der Waals surface area contributed by atoms with E-state index < -0.39 is 0 Å². The SMILES string of the molecule is CCN(CC)C1CCN(C(=O)c2ccc(Br)c(N)c2)CC1. The molecule has 1 aromatic carbocycles. The van der Waals surface area contributed by atoms with Gasteiger partial charge in [0.25, 0.3) is 5.91 Å². The second-order valence-corrected chi connectivity index (χ2v) is 6.34. The highest BCUT2D eigenvalue weighted by atomic mass is 79.9. The normalized spacial score (nSPS) is 16.5. The van der Waals surface area contributed by atoms with Gasteiger partial charge >= 0.3 is 0 Å². The molecule has 0 aromatic heterocycles. The molecule has 2 rings (SSSR count). The van der Waals surface area contributed by atoms with Gasteiger partial charge in [0.15, 0.2) is 0 Å². The average molecular weight is 354 g/mol. The quantitative estimate of drug-likeness (QED) is 0.846. The molecule has 0 radical (unpaired) electrons. The highest BCUT2D eigenvalue weighted by Gasteiger charge is 2.26. The molecule has 2 N–H and O–H groups in total. The minimum atomic E-state index is 0.0900. The smallest absolute Gasteiger partial charge is 0.253 e. The van der Waals surface area contributed by atoms with Crippen LogP contribution in [0.2, 0.25) is 0 Å². The summed E-state index contributed by atoms with van der Waals surface area (Å²) < 4.78 is 0.833. The molecule has 1 aliphatic heterocycles. The number of benzene rings is 1. The minimum Gasteiger partial charge on any atom is -0.398 e. The van der Waals surface area contributed by atoms with Crippen LogP contribution in [0.25, 0.3) is 0 Å². The summed E-state index contributed by atoms with van der Waals surface area (Å²) in [4.78, 5) is 17.0. The molecule has 1 fully saturated rings. The Labute approximate surface area is 135 Å². The van der Waals surface area contributed by atoms with E-state index in [1.165, 1.54) is 0 Å². The number of hydrogen-bond acceptors (Lipinski definition) is 3. The van der Waals surface area contributed by atoms with Crippen molar-refractivity contribution in [3.63, 3.8) is 0 Å². The number of anilines is 1. The Morgan fingerprint density at radius 1 is 1.33 bits per heavy atom. The average Bonchev–Trinajstić information content (AvgIpc) is 2.51. The summed E-state index contributed by atoms with van der Waals surface area (Å²) in [5, 5.41) is 0. The molecule has 0 unspecified atom stereocenters. The van der Waals surface area contributed by atoms with Crippen molar-refractivity contribution in [3.8, 4) is 0 Å². The number of halogens is 1. The van der Waals surface area contributed by atoms with Crippen molar-refractivity contribution >= 4 is 27.5 Å². The maximum absolute atomic E-state index is 12.5. The van der Waals surface area contributed by atoms with E-state index in [1.54, 1.807) is 6.07 Å². The van der Waals surface area contributed by atoms with E-state index in [9.17, 15) is 4.79 Å². The van der Waals surface area contributed by atoms with E-state index in [1.807, 2.05) is 17.0 Å². The summed E-state index contributed by atoms with van der Waals surface area (Å²) in [5.41, 5.74) is 7.15. The van der Waals surface area contributed by atoms with Crippen LogP contribution in [0, 0.1) is 0 Å². The first kappa shape index (κ1) is 16.3. The molecule has 0 saturated carbocycles. The summed E-state index contributed by atoms with van der Waals surface area (Å²) in [5.74, 6) is 0.0900. The largest absolute Gasteiger partial charge is 0.398 e. The van der Waals surface area contributed by atoms with Crippen molar-refractivity contribution in [2.24, 2.45) is 0 Å². The van der Waals surface area contributed by atoms with E-state index >= 15 is 0 Å². The number of rotatable bonds is 4. The van der Waals surface area contributed by atoms with Gasteiger partial charge in [0.05, 0.1) is 0 Å². The van der Waals surface area contributed by atoms with Crippen molar-refractivity contribution in [1.29, 1.82) is 0 Å². The van der Waals surface area contributed by atoms with Crippen molar-refractivity contribution in [3.05, 3.63) is 28.2 Å². The number of carbonyl (C=O) groups is 1. The van der Waals surface area contributed by atoms with Crippen LogP contribution < -0.4 is 5.73 Å². The molecule has 5 heteroatoms. The molecule has 0 aliphatic carbocycles. The third-order valence-electron chi connectivity index (χ3n) is 4.32. The zero-order valence-corrected chi connectivity index (χ0v) is 14.4. The fourth-order valence-electron chi connectivity index (χ4n) is 3.03. The third-order valence-corrected chi connectivity index (χ3v) is 5.05. The lowest BCUT2D eigenvalue weighted by atomic mass is 10.0. The summed E-state index contributed by atoms with van der Waals surface area (Å²) in [6, 6.07) is 6.03. The highest BCUT2D eigenvalue weighted by Crippen LogP contribution is 2.23. The molecular weight excluding hydrogens is 330 g/mol. The van der Waals surface area contributed by atoms with Gasteiger partial charge < -0.3 is 15.5 Å². The molecule has 116 valence electrons. The summed E-state index contributed by atoms with van der Waals surface area (Å²) in [6.45, 7) is 8.22. The highest BCUT2D eigenvalue weighted by molar-refractivity contribution is 9.10. The standard InChI is InChI=1S/C16H24BrN3O/c1-3-19(4-2)13-7-9-20(10-8-13)16(21)12-5-6-14(17)15(18)11-12/h5-6,11,13H,3-4,7-10,18H2,1-2H3. The molecule has 4 nitrogen and oxygen atoms in total. The predicted octanol–water partition coefficient (Wildman–Crippen LogP) is 2.98. The monoisotopic (exact) mass is 353 g/mol. The van der Waals surface area contributed by atoms with Gasteiger partial charge in [-0.2, -0.15) is 0 Å². The first-order chi connectivity index (χ1) is 10.1. The third kappa shape index (κ3) is 3.77. The lowest BCUT2D eigenvalue weighted by Gasteiger charge is -2.37. The van der Waals surface area contributed by atoms with E-state index in [-0.39, 0.29) is 5.91 Å². The molecule has 1 aliphatic rings.